The zero-order chi connectivity index (χ0) is 18.0. The average molecular weight is 365 g/mol. The maximum atomic E-state index is 11.7. The molecule has 1 saturated heterocycles. The first kappa shape index (κ1) is 21.0. The number of methoxy groups -OCH3 is 1. The minimum absolute atomic E-state index is 0.297. The Labute approximate surface area is 148 Å². The van der Waals surface area contributed by atoms with Crippen molar-refractivity contribution in [1.82, 2.24) is 10.2 Å². The van der Waals surface area contributed by atoms with E-state index in [4.69, 9.17) is 25.8 Å². The van der Waals surface area contributed by atoms with Crippen LogP contribution in [0.4, 0.5) is 9.59 Å². The van der Waals surface area contributed by atoms with Gasteiger partial charge in [-0.1, -0.05) is 0 Å². The number of piperidine rings is 1. The van der Waals surface area contributed by atoms with Gasteiger partial charge in [-0.2, -0.15) is 0 Å². The molecule has 1 fully saturated rings. The van der Waals surface area contributed by atoms with Crippen molar-refractivity contribution in [3.63, 3.8) is 0 Å². The van der Waals surface area contributed by atoms with Gasteiger partial charge < -0.3 is 24.4 Å². The predicted octanol–water partition coefficient (Wildman–Crippen LogP) is 2.62. The fourth-order valence-electron chi connectivity index (χ4n) is 2.45. The van der Waals surface area contributed by atoms with E-state index in [-0.39, 0.29) is 5.60 Å². The third-order valence-corrected chi connectivity index (χ3v) is 4.35. The molecule has 24 heavy (non-hydrogen) atoms. The Bertz CT molecular complexity index is 398. The Kier molecular flexibility index (Phi) is 9.39. The highest BCUT2D eigenvalue weighted by Gasteiger charge is 2.22. The number of alkyl carbamates (subject to hydrolysis) is 1. The first-order valence-electron chi connectivity index (χ1n) is 8.32. The molecule has 0 aromatic heterocycles. The summed E-state index contributed by atoms with van der Waals surface area (Å²) in [5.74, 6) is 0.346. The highest BCUT2D eigenvalue weighted by Crippen LogP contribution is 2.18. The Balaban J connectivity index is 2.11. The molecule has 0 aromatic carbocycles. The van der Waals surface area contributed by atoms with Gasteiger partial charge in [0.05, 0.1) is 25.4 Å². The summed E-state index contributed by atoms with van der Waals surface area (Å²) in [6, 6.07) is 0. The number of rotatable bonds is 9. The fraction of sp³-hybridized carbons (Fsp3) is 0.875. The van der Waals surface area contributed by atoms with E-state index in [1.54, 1.807) is 12.0 Å². The average Bonchev–Trinajstić information content (AvgIpc) is 2.53. The third kappa shape index (κ3) is 8.70. The molecule has 0 spiro atoms. The van der Waals surface area contributed by atoms with Crippen molar-refractivity contribution in [2.75, 3.05) is 46.6 Å². The number of carbonyl (C=O) groups excluding carboxylic acids is 2. The first-order valence-corrected chi connectivity index (χ1v) is 8.70. The lowest BCUT2D eigenvalue weighted by Gasteiger charge is -2.30. The number of ether oxygens (including phenoxy) is 3. The van der Waals surface area contributed by atoms with E-state index < -0.39 is 11.5 Å². The van der Waals surface area contributed by atoms with Gasteiger partial charge in [0.25, 0.3) is 0 Å². The lowest BCUT2D eigenvalue weighted by Crippen LogP contribution is -2.40. The number of halogens is 1. The van der Waals surface area contributed by atoms with Crippen LogP contribution in [0, 0.1) is 5.92 Å². The van der Waals surface area contributed by atoms with Crippen molar-refractivity contribution in [2.45, 2.75) is 38.7 Å². The summed E-state index contributed by atoms with van der Waals surface area (Å²) in [4.78, 5) is 24.4. The maximum absolute atomic E-state index is 11.7. The summed E-state index contributed by atoms with van der Waals surface area (Å²) in [6.45, 7) is 7.08. The van der Waals surface area contributed by atoms with Gasteiger partial charge in [0.15, 0.2) is 0 Å². The highest BCUT2D eigenvalue weighted by atomic mass is 35.5. The topological polar surface area (TPSA) is 77.1 Å². The van der Waals surface area contributed by atoms with Crippen molar-refractivity contribution in [3.05, 3.63) is 0 Å². The zero-order valence-corrected chi connectivity index (χ0v) is 15.6. The monoisotopic (exact) mass is 364 g/mol. The normalized spacial score (nSPS) is 16.1. The number of nitrogens with one attached hydrogen (secondary N) is 1. The number of amides is 2. The molecule has 1 aliphatic heterocycles. The molecule has 7 nitrogen and oxygen atoms in total. The number of hydrogen-bond donors (Lipinski definition) is 1. The van der Waals surface area contributed by atoms with Gasteiger partial charge in [-0.3, -0.25) is 4.79 Å². The largest absolute Gasteiger partial charge is 0.449 e. The van der Waals surface area contributed by atoms with E-state index in [1.807, 2.05) is 13.8 Å². The second-order valence-electron chi connectivity index (χ2n) is 6.55. The van der Waals surface area contributed by atoms with Crippen LogP contribution in [0.1, 0.15) is 33.1 Å². The quantitative estimate of drug-likeness (QED) is 0.386. The van der Waals surface area contributed by atoms with E-state index in [0.717, 1.165) is 12.8 Å². The molecule has 0 radical (unpaired) electrons. The second kappa shape index (κ2) is 10.7. The zero-order valence-electron chi connectivity index (χ0n) is 14.8. The number of nitrogens with zero attached hydrogens (tertiary/aromatic N) is 1. The van der Waals surface area contributed by atoms with E-state index in [1.165, 1.54) is 0 Å². The predicted molar refractivity (Wildman–Crippen MR) is 91.4 cm³/mol. The first-order chi connectivity index (χ1) is 11.3. The van der Waals surface area contributed by atoms with E-state index in [2.05, 4.69) is 5.32 Å². The van der Waals surface area contributed by atoms with Gasteiger partial charge >= 0.3 is 11.5 Å². The van der Waals surface area contributed by atoms with Gasteiger partial charge in [0, 0.05) is 33.2 Å². The third-order valence-electron chi connectivity index (χ3n) is 4.12. The van der Waals surface area contributed by atoms with Crippen molar-refractivity contribution >= 4 is 23.1 Å². The molecule has 1 rings (SSSR count). The lowest BCUT2D eigenvalue weighted by atomic mass is 9.97. The Morgan fingerprint density at radius 1 is 1.21 bits per heavy atom. The van der Waals surface area contributed by atoms with Crippen molar-refractivity contribution in [2.24, 2.45) is 5.92 Å². The number of carbonyl (C=O) groups is 2. The summed E-state index contributed by atoms with van der Waals surface area (Å²) in [7, 11) is 1.63. The number of hydrogen-bond acceptors (Lipinski definition) is 5. The van der Waals surface area contributed by atoms with Crippen LogP contribution in [-0.2, 0) is 14.2 Å². The molecule has 0 atom stereocenters. The molecule has 0 aromatic rings. The van der Waals surface area contributed by atoms with E-state index in [0.29, 0.717) is 51.8 Å². The molecular formula is C16H29ClN2O5. The summed E-state index contributed by atoms with van der Waals surface area (Å²) < 4.78 is 15.8. The van der Waals surface area contributed by atoms with Crippen molar-refractivity contribution in [1.29, 1.82) is 0 Å². The van der Waals surface area contributed by atoms with Crippen LogP contribution < -0.4 is 5.32 Å². The molecule has 1 N–H and O–H groups in total. The minimum atomic E-state index is -0.418. The molecule has 2 amide bonds. The molecule has 0 unspecified atom stereocenters. The molecule has 1 aliphatic rings. The Morgan fingerprint density at radius 3 is 2.46 bits per heavy atom. The molecule has 8 heteroatoms. The maximum Gasteiger partial charge on any atom is 0.407 e. The van der Waals surface area contributed by atoms with Crippen LogP contribution in [0.2, 0.25) is 0 Å². The fourth-order valence-corrected chi connectivity index (χ4v) is 2.62. The number of likely N-dealkylation sites (tertiary alicyclic amines) is 1. The second-order valence-corrected chi connectivity index (χ2v) is 6.87. The van der Waals surface area contributed by atoms with Gasteiger partial charge in [0.1, 0.15) is 0 Å². The minimum Gasteiger partial charge on any atom is -0.449 e. The highest BCUT2D eigenvalue weighted by molar-refractivity contribution is 6.62. The van der Waals surface area contributed by atoms with Crippen LogP contribution in [0.3, 0.4) is 0 Å². The van der Waals surface area contributed by atoms with Crippen LogP contribution in [0.15, 0.2) is 0 Å². The molecule has 140 valence electrons. The summed E-state index contributed by atoms with van der Waals surface area (Å²) in [6.07, 6.45) is 1.86. The van der Waals surface area contributed by atoms with Crippen LogP contribution in [-0.4, -0.2) is 68.5 Å². The molecule has 0 bridgehead atoms. The molecule has 0 saturated carbocycles. The van der Waals surface area contributed by atoms with Crippen LogP contribution >= 0.6 is 11.6 Å². The van der Waals surface area contributed by atoms with Gasteiger partial charge in [0.2, 0.25) is 0 Å². The van der Waals surface area contributed by atoms with Crippen LogP contribution in [0.5, 0.6) is 0 Å². The summed E-state index contributed by atoms with van der Waals surface area (Å²) in [5, 5.41) is 2.37. The standard InChI is InChI=1S/C16H29ClN2O5/c1-16(2,24-11-10-22-3)6-9-23-15(21)18-12-13-4-7-19(8-5-13)14(17)20/h13H,4-12H2,1-3H3,(H,18,21). The summed E-state index contributed by atoms with van der Waals surface area (Å²) in [5.41, 5.74) is -0.361. The summed E-state index contributed by atoms with van der Waals surface area (Å²) >= 11 is 5.45. The molecular weight excluding hydrogens is 336 g/mol. The molecule has 1 heterocycles. The SMILES string of the molecule is COCCOC(C)(C)CCOC(=O)NCC1CCN(C(=O)Cl)CC1. The lowest BCUT2D eigenvalue weighted by molar-refractivity contribution is -0.0518. The smallest absolute Gasteiger partial charge is 0.407 e. The Hall–Kier alpha value is -1.05. The molecule has 0 aliphatic carbocycles. The van der Waals surface area contributed by atoms with Crippen LogP contribution in [0.25, 0.3) is 0 Å². The van der Waals surface area contributed by atoms with E-state index in [9.17, 15) is 9.59 Å². The van der Waals surface area contributed by atoms with Crippen molar-refractivity contribution < 1.29 is 23.8 Å². The van der Waals surface area contributed by atoms with E-state index >= 15 is 0 Å². The van der Waals surface area contributed by atoms with Crippen molar-refractivity contribution in [3.8, 4) is 0 Å². The van der Waals surface area contributed by atoms with Gasteiger partial charge in [-0.15, -0.1) is 0 Å². The van der Waals surface area contributed by atoms with Gasteiger partial charge in [-0.05, 0) is 44.2 Å². The Morgan fingerprint density at radius 2 is 1.88 bits per heavy atom. The van der Waals surface area contributed by atoms with Gasteiger partial charge in [-0.25, -0.2) is 4.79 Å².